The van der Waals surface area contributed by atoms with Crippen LogP contribution in [0, 0.1) is 10.1 Å². The number of nitro benzene ring substituents is 1. The number of carbonyl (C=O) groups is 2. The quantitative estimate of drug-likeness (QED) is 0.538. The fourth-order valence-electron chi connectivity index (χ4n) is 2.13. The van der Waals surface area contributed by atoms with Crippen LogP contribution >= 0.6 is 11.6 Å². The highest BCUT2D eigenvalue weighted by molar-refractivity contribution is 6.34. The summed E-state index contributed by atoms with van der Waals surface area (Å²) in [6.07, 6.45) is -0.918. The number of hydrogen-bond donors (Lipinski definition) is 2. The molecule has 0 saturated heterocycles. The average Bonchev–Trinajstić information content (AvgIpc) is 2.67. The third-order valence-electron chi connectivity index (χ3n) is 3.52. The fourth-order valence-corrected chi connectivity index (χ4v) is 2.33. The molecule has 2 N–H and O–H groups in total. The summed E-state index contributed by atoms with van der Waals surface area (Å²) in [5.74, 6) is -0.300. The standard InChI is InChI=1S/C18H18ClN3O6/c1-3-27-13-5-7-14(8-6-13)28-11(2)17(23)20-21-18(24)15-10-12(22(25)26)4-9-16(15)19/h4-11H,3H2,1-2H3,(H,20,23)(H,21,24)/t11-/m1/s1. The number of hydrazine groups is 1. The molecule has 0 saturated carbocycles. The molecule has 0 unspecified atom stereocenters. The van der Waals surface area contributed by atoms with Crippen molar-refractivity contribution in [2.24, 2.45) is 0 Å². The van der Waals surface area contributed by atoms with Crippen molar-refractivity contribution in [3.8, 4) is 11.5 Å². The fraction of sp³-hybridized carbons (Fsp3) is 0.222. The lowest BCUT2D eigenvalue weighted by Crippen LogP contribution is -2.47. The van der Waals surface area contributed by atoms with Crippen molar-refractivity contribution >= 4 is 29.1 Å². The molecule has 0 aliphatic rings. The van der Waals surface area contributed by atoms with Crippen LogP contribution in [0.4, 0.5) is 5.69 Å². The molecule has 2 aromatic carbocycles. The van der Waals surface area contributed by atoms with E-state index < -0.39 is 22.8 Å². The third-order valence-corrected chi connectivity index (χ3v) is 3.85. The molecule has 0 fully saturated rings. The normalized spacial score (nSPS) is 11.2. The van der Waals surface area contributed by atoms with Crippen LogP contribution in [0.5, 0.6) is 11.5 Å². The lowest BCUT2D eigenvalue weighted by atomic mass is 10.2. The molecule has 2 amide bonds. The van der Waals surface area contributed by atoms with E-state index in [1.807, 2.05) is 6.92 Å². The van der Waals surface area contributed by atoms with Crippen LogP contribution in [0.15, 0.2) is 42.5 Å². The Morgan fingerprint density at radius 3 is 2.39 bits per heavy atom. The summed E-state index contributed by atoms with van der Waals surface area (Å²) in [5, 5.41) is 10.8. The number of hydrogen-bond acceptors (Lipinski definition) is 6. The van der Waals surface area contributed by atoms with E-state index in [0.717, 1.165) is 6.07 Å². The minimum absolute atomic E-state index is 0.0102. The van der Waals surface area contributed by atoms with Crippen molar-refractivity contribution in [1.29, 1.82) is 0 Å². The van der Waals surface area contributed by atoms with Crippen LogP contribution in [0.25, 0.3) is 0 Å². The first-order valence-corrected chi connectivity index (χ1v) is 8.63. The summed E-state index contributed by atoms with van der Waals surface area (Å²) in [7, 11) is 0. The first-order chi connectivity index (χ1) is 13.3. The van der Waals surface area contributed by atoms with Crippen molar-refractivity contribution in [1.82, 2.24) is 10.9 Å². The first kappa shape index (κ1) is 21.0. The van der Waals surface area contributed by atoms with Gasteiger partial charge in [0, 0.05) is 12.1 Å². The minimum Gasteiger partial charge on any atom is -0.494 e. The predicted octanol–water partition coefficient (Wildman–Crippen LogP) is 2.88. The molecule has 9 nitrogen and oxygen atoms in total. The van der Waals surface area contributed by atoms with E-state index in [-0.39, 0.29) is 16.3 Å². The summed E-state index contributed by atoms with van der Waals surface area (Å²) in [6.45, 7) is 3.90. The van der Waals surface area contributed by atoms with Gasteiger partial charge in [-0.2, -0.15) is 0 Å². The summed E-state index contributed by atoms with van der Waals surface area (Å²) in [6, 6.07) is 10.1. The Kier molecular flexibility index (Phi) is 7.16. The largest absolute Gasteiger partial charge is 0.494 e. The third kappa shape index (κ3) is 5.58. The minimum atomic E-state index is -0.918. The summed E-state index contributed by atoms with van der Waals surface area (Å²) >= 11 is 5.89. The summed E-state index contributed by atoms with van der Waals surface area (Å²) < 4.78 is 10.8. The lowest BCUT2D eigenvalue weighted by molar-refractivity contribution is -0.384. The van der Waals surface area contributed by atoms with Gasteiger partial charge < -0.3 is 9.47 Å². The number of nitro groups is 1. The Morgan fingerprint density at radius 2 is 1.79 bits per heavy atom. The average molecular weight is 408 g/mol. The van der Waals surface area contributed by atoms with Gasteiger partial charge in [-0.1, -0.05) is 11.6 Å². The van der Waals surface area contributed by atoms with Crippen LogP contribution in [-0.2, 0) is 4.79 Å². The number of amides is 2. The number of non-ortho nitro benzene ring substituents is 1. The maximum Gasteiger partial charge on any atom is 0.279 e. The van der Waals surface area contributed by atoms with Crippen LogP contribution in [0.1, 0.15) is 24.2 Å². The second kappa shape index (κ2) is 9.56. The second-order valence-corrected chi connectivity index (χ2v) is 5.94. The molecule has 10 heteroatoms. The van der Waals surface area contributed by atoms with Gasteiger partial charge in [0.05, 0.1) is 22.1 Å². The zero-order chi connectivity index (χ0) is 20.7. The molecule has 0 aromatic heterocycles. The van der Waals surface area contributed by atoms with Gasteiger partial charge in [-0.3, -0.25) is 30.6 Å². The molecule has 0 aliphatic heterocycles. The van der Waals surface area contributed by atoms with Crippen molar-refractivity contribution < 1.29 is 24.0 Å². The maximum absolute atomic E-state index is 12.1. The molecular formula is C18H18ClN3O6. The van der Waals surface area contributed by atoms with Gasteiger partial charge in [0.1, 0.15) is 11.5 Å². The van der Waals surface area contributed by atoms with Gasteiger partial charge in [-0.15, -0.1) is 0 Å². The molecule has 0 bridgehead atoms. The Labute approximate surface area is 165 Å². The highest BCUT2D eigenvalue weighted by Crippen LogP contribution is 2.22. The van der Waals surface area contributed by atoms with E-state index in [0.29, 0.717) is 18.1 Å². The molecule has 148 valence electrons. The Bertz CT molecular complexity index is 872. The van der Waals surface area contributed by atoms with E-state index in [1.165, 1.54) is 19.1 Å². The number of halogens is 1. The van der Waals surface area contributed by atoms with Crippen LogP contribution in [-0.4, -0.2) is 29.4 Å². The maximum atomic E-state index is 12.1. The Balaban J connectivity index is 1.93. The van der Waals surface area contributed by atoms with Gasteiger partial charge >= 0.3 is 0 Å². The monoisotopic (exact) mass is 407 g/mol. The number of carbonyl (C=O) groups excluding carboxylic acids is 2. The predicted molar refractivity (Wildman–Crippen MR) is 101 cm³/mol. The Morgan fingerprint density at radius 1 is 1.14 bits per heavy atom. The van der Waals surface area contributed by atoms with E-state index >= 15 is 0 Å². The van der Waals surface area contributed by atoms with Crippen LogP contribution in [0.2, 0.25) is 5.02 Å². The van der Waals surface area contributed by atoms with Crippen molar-refractivity contribution in [2.45, 2.75) is 20.0 Å². The number of benzene rings is 2. The van der Waals surface area contributed by atoms with E-state index in [1.54, 1.807) is 24.3 Å². The second-order valence-electron chi connectivity index (χ2n) is 5.53. The van der Waals surface area contributed by atoms with Crippen molar-refractivity contribution in [3.63, 3.8) is 0 Å². The Hall–Kier alpha value is -3.33. The highest BCUT2D eigenvalue weighted by atomic mass is 35.5. The zero-order valence-electron chi connectivity index (χ0n) is 15.1. The molecule has 2 rings (SSSR count). The molecule has 28 heavy (non-hydrogen) atoms. The lowest BCUT2D eigenvalue weighted by Gasteiger charge is -2.15. The van der Waals surface area contributed by atoms with E-state index in [2.05, 4.69) is 10.9 Å². The molecule has 0 aliphatic carbocycles. The van der Waals surface area contributed by atoms with Crippen LogP contribution in [0.3, 0.4) is 0 Å². The smallest absolute Gasteiger partial charge is 0.279 e. The number of nitrogens with zero attached hydrogens (tertiary/aromatic N) is 1. The molecular weight excluding hydrogens is 390 g/mol. The van der Waals surface area contributed by atoms with Gasteiger partial charge in [0.15, 0.2) is 6.10 Å². The zero-order valence-corrected chi connectivity index (χ0v) is 15.9. The SMILES string of the molecule is CCOc1ccc(O[C@H](C)C(=O)NNC(=O)c2cc([N+](=O)[O-])ccc2Cl)cc1. The molecule has 0 radical (unpaired) electrons. The van der Waals surface area contributed by atoms with Crippen molar-refractivity contribution in [3.05, 3.63) is 63.2 Å². The first-order valence-electron chi connectivity index (χ1n) is 8.25. The van der Waals surface area contributed by atoms with E-state index in [9.17, 15) is 19.7 Å². The highest BCUT2D eigenvalue weighted by Gasteiger charge is 2.19. The van der Waals surface area contributed by atoms with E-state index in [4.69, 9.17) is 21.1 Å². The molecule has 1 atom stereocenters. The molecule has 0 heterocycles. The van der Waals surface area contributed by atoms with Gasteiger partial charge in [-0.05, 0) is 44.2 Å². The number of rotatable bonds is 7. The molecule has 0 spiro atoms. The summed E-state index contributed by atoms with van der Waals surface area (Å²) in [4.78, 5) is 34.4. The number of ether oxygens (including phenoxy) is 2. The van der Waals surface area contributed by atoms with Gasteiger partial charge in [0.25, 0.3) is 17.5 Å². The number of nitrogens with one attached hydrogen (secondary N) is 2. The van der Waals surface area contributed by atoms with Crippen molar-refractivity contribution in [2.75, 3.05) is 6.61 Å². The molecule has 2 aromatic rings. The summed E-state index contributed by atoms with van der Waals surface area (Å²) in [5.41, 5.74) is 3.90. The topological polar surface area (TPSA) is 120 Å². The van der Waals surface area contributed by atoms with Crippen LogP contribution < -0.4 is 20.3 Å². The van der Waals surface area contributed by atoms with Gasteiger partial charge in [0.2, 0.25) is 0 Å². The van der Waals surface area contributed by atoms with Gasteiger partial charge in [-0.25, -0.2) is 0 Å².